The summed E-state index contributed by atoms with van der Waals surface area (Å²) in [5.74, 6) is 0.412. The lowest BCUT2D eigenvalue weighted by atomic mass is 10.0. The number of rotatable bonds is 6. The summed E-state index contributed by atoms with van der Waals surface area (Å²) in [5.41, 5.74) is 0.898. The van der Waals surface area contributed by atoms with Crippen molar-refractivity contribution < 1.29 is 9.90 Å². The number of nitrogens with one attached hydrogen (secondary N) is 1. The molecule has 1 unspecified atom stereocenters. The number of allylic oxidation sites excluding steroid dienone is 2. The molecule has 0 saturated carbocycles. The van der Waals surface area contributed by atoms with E-state index in [4.69, 9.17) is 5.11 Å². The van der Waals surface area contributed by atoms with Crippen molar-refractivity contribution in [3.05, 3.63) is 11.8 Å². The third kappa shape index (κ3) is 6.28. The standard InChI is InChI=1S/C12H23NO2/c1-8(2)11(13-7-10(5)14)6-12(15)9(3)4/h6,8-10,13-14H,7H2,1-5H3/b11-6-. The van der Waals surface area contributed by atoms with Crippen molar-refractivity contribution in [2.75, 3.05) is 6.54 Å². The molecule has 0 radical (unpaired) electrons. The Morgan fingerprint density at radius 2 is 1.73 bits per heavy atom. The van der Waals surface area contributed by atoms with Crippen LogP contribution in [0.5, 0.6) is 0 Å². The normalized spacial score (nSPS) is 14.5. The van der Waals surface area contributed by atoms with Gasteiger partial charge in [0.25, 0.3) is 0 Å². The molecule has 2 N–H and O–H groups in total. The number of carbonyl (C=O) groups excluding carboxylic acids is 1. The fraction of sp³-hybridized carbons (Fsp3) is 0.750. The van der Waals surface area contributed by atoms with Gasteiger partial charge in [-0.15, -0.1) is 0 Å². The van der Waals surface area contributed by atoms with Crippen LogP contribution in [-0.2, 0) is 4.79 Å². The summed E-state index contributed by atoms with van der Waals surface area (Å²) in [7, 11) is 0. The highest BCUT2D eigenvalue weighted by Gasteiger charge is 2.09. The second-order valence-electron chi connectivity index (χ2n) is 4.54. The molecule has 0 spiro atoms. The van der Waals surface area contributed by atoms with Crippen LogP contribution >= 0.6 is 0 Å². The van der Waals surface area contributed by atoms with E-state index < -0.39 is 6.10 Å². The highest BCUT2D eigenvalue weighted by molar-refractivity contribution is 5.91. The van der Waals surface area contributed by atoms with E-state index >= 15 is 0 Å². The second-order valence-corrected chi connectivity index (χ2v) is 4.54. The summed E-state index contributed by atoms with van der Waals surface area (Å²) >= 11 is 0. The molecular weight excluding hydrogens is 190 g/mol. The number of aliphatic hydroxyl groups is 1. The fourth-order valence-electron chi connectivity index (χ4n) is 1.01. The number of ketones is 1. The molecule has 0 fully saturated rings. The van der Waals surface area contributed by atoms with Crippen LogP contribution in [0.3, 0.4) is 0 Å². The van der Waals surface area contributed by atoms with Gasteiger partial charge in [-0.2, -0.15) is 0 Å². The summed E-state index contributed by atoms with van der Waals surface area (Å²) in [6.07, 6.45) is 1.25. The van der Waals surface area contributed by atoms with Crippen molar-refractivity contribution in [3.63, 3.8) is 0 Å². The van der Waals surface area contributed by atoms with E-state index in [2.05, 4.69) is 5.32 Å². The van der Waals surface area contributed by atoms with Crippen LogP contribution in [-0.4, -0.2) is 23.5 Å². The molecule has 15 heavy (non-hydrogen) atoms. The average Bonchev–Trinajstić information content (AvgIpc) is 2.10. The predicted octanol–water partition coefficient (Wildman–Crippen LogP) is 1.72. The number of hydrogen-bond donors (Lipinski definition) is 2. The van der Waals surface area contributed by atoms with E-state index in [1.54, 1.807) is 13.0 Å². The molecule has 0 amide bonds. The van der Waals surface area contributed by atoms with E-state index in [0.717, 1.165) is 5.70 Å². The monoisotopic (exact) mass is 213 g/mol. The summed E-state index contributed by atoms with van der Waals surface area (Å²) < 4.78 is 0. The molecule has 0 bridgehead atoms. The van der Waals surface area contributed by atoms with Crippen molar-refractivity contribution in [1.82, 2.24) is 5.32 Å². The molecule has 1 atom stereocenters. The Hall–Kier alpha value is -0.830. The molecule has 88 valence electrons. The molecule has 0 aliphatic rings. The SMILES string of the molecule is CC(O)CN/C(=C\C(=O)C(C)C)C(C)C. The van der Waals surface area contributed by atoms with E-state index in [-0.39, 0.29) is 17.6 Å². The van der Waals surface area contributed by atoms with Crippen molar-refractivity contribution in [2.24, 2.45) is 11.8 Å². The fourth-order valence-corrected chi connectivity index (χ4v) is 1.01. The first-order chi connectivity index (χ1) is 6.84. The molecule has 0 aromatic heterocycles. The van der Waals surface area contributed by atoms with Crippen molar-refractivity contribution in [3.8, 4) is 0 Å². The Bertz CT molecular complexity index is 230. The Balaban J connectivity index is 4.45. The average molecular weight is 213 g/mol. The van der Waals surface area contributed by atoms with Gasteiger partial charge in [0.2, 0.25) is 0 Å². The van der Waals surface area contributed by atoms with Gasteiger partial charge in [-0.25, -0.2) is 0 Å². The zero-order chi connectivity index (χ0) is 12.0. The third-order valence-electron chi connectivity index (χ3n) is 2.09. The zero-order valence-electron chi connectivity index (χ0n) is 10.4. The molecule has 0 aromatic carbocycles. The van der Waals surface area contributed by atoms with E-state index in [1.807, 2.05) is 27.7 Å². The van der Waals surface area contributed by atoms with Crippen LogP contribution < -0.4 is 5.32 Å². The maximum atomic E-state index is 11.5. The first kappa shape index (κ1) is 14.2. The smallest absolute Gasteiger partial charge is 0.159 e. The highest BCUT2D eigenvalue weighted by Crippen LogP contribution is 2.08. The first-order valence-corrected chi connectivity index (χ1v) is 5.52. The van der Waals surface area contributed by atoms with Gasteiger partial charge in [0.15, 0.2) is 5.78 Å². The van der Waals surface area contributed by atoms with Gasteiger partial charge in [-0.05, 0) is 12.8 Å². The van der Waals surface area contributed by atoms with Crippen LogP contribution in [0.2, 0.25) is 0 Å². The Kier molecular flexibility index (Phi) is 6.25. The molecule has 0 aliphatic carbocycles. The Morgan fingerprint density at radius 1 is 1.20 bits per heavy atom. The zero-order valence-corrected chi connectivity index (χ0v) is 10.4. The van der Waals surface area contributed by atoms with E-state index in [1.165, 1.54) is 0 Å². The topological polar surface area (TPSA) is 49.3 Å². The lowest BCUT2D eigenvalue weighted by Crippen LogP contribution is -2.27. The Morgan fingerprint density at radius 3 is 2.07 bits per heavy atom. The molecule has 0 heterocycles. The predicted molar refractivity (Wildman–Crippen MR) is 62.4 cm³/mol. The van der Waals surface area contributed by atoms with Crippen LogP contribution in [0.1, 0.15) is 34.6 Å². The largest absolute Gasteiger partial charge is 0.392 e. The van der Waals surface area contributed by atoms with E-state index in [0.29, 0.717) is 6.54 Å². The first-order valence-electron chi connectivity index (χ1n) is 5.52. The van der Waals surface area contributed by atoms with E-state index in [9.17, 15) is 4.79 Å². The molecule has 0 aliphatic heterocycles. The minimum atomic E-state index is -0.402. The summed E-state index contributed by atoms with van der Waals surface area (Å²) in [4.78, 5) is 11.5. The molecule has 3 nitrogen and oxygen atoms in total. The quantitative estimate of drug-likeness (QED) is 0.661. The minimum absolute atomic E-state index is 0.0205. The summed E-state index contributed by atoms with van der Waals surface area (Å²) in [6, 6.07) is 0. The van der Waals surface area contributed by atoms with Gasteiger partial charge < -0.3 is 10.4 Å². The summed E-state index contributed by atoms with van der Waals surface area (Å²) in [5, 5.41) is 12.2. The van der Waals surface area contributed by atoms with Crippen LogP contribution in [0, 0.1) is 11.8 Å². The van der Waals surface area contributed by atoms with Gasteiger partial charge >= 0.3 is 0 Å². The third-order valence-corrected chi connectivity index (χ3v) is 2.09. The van der Waals surface area contributed by atoms with Crippen LogP contribution in [0.4, 0.5) is 0 Å². The van der Waals surface area contributed by atoms with Crippen molar-refractivity contribution in [2.45, 2.75) is 40.7 Å². The van der Waals surface area contributed by atoms with Gasteiger partial charge in [-0.1, -0.05) is 27.7 Å². The van der Waals surface area contributed by atoms with Gasteiger partial charge in [0.05, 0.1) is 6.10 Å². The van der Waals surface area contributed by atoms with Gasteiger partial charge in [0, 0.05) is 24.2 Å². The van der Waals surface area contributed by atoms with Crippen molar-refractivity contribution >= 4 is 5.78 Å². The number of aliphatic hydroxyl groups excluding tert-OH is 1. The highest BCUT2D eigenvalue weighted by atomic mass is 16.3. The summed E-state index contributed by atoms with van der Waals surface area (Å²) in [6.45, 7) is 10.0. The Labute approximate surface area is 92.6 Å². The van der Waals surface area contributed by atoms with Crippen LogP contribution in [0.15, 0.2) is 11.8 Å². The second kappa shape index (κ2) is 6.62. The van der Waals surface area contributed by atoms with Crippen LogP contribution in [0.25, 0.3) is 0 Å². The maximum Gasteiger partial charge on any atom is 0.159 e. The maximum absolute atomic E-state index is 11.5. The molecule has 0 aromatic rings. The number of hydrogen-bond acceptors (Lipinski definition) is 3. The number of carbonyl (C=O) groups is 1. The minimum Gasteiger partial charge on any atom is -0.392 e. The van der Waals surface area contributed by atoms with Crippen molar-refractivity contribution in [1.29, 1.82) is 0 Å². The van der Waals surface area contributed by atoms with Gasteiger partial charge in [-0.3, -0.25) is 4.79 Å². The molecule has 0 rings (SSSR count). The molecule has 3 heteroatoms. The molecular formula is C12H23NO2. The van der Waals surface area contributed by atoms with Gasteiger partial charge in [0.1, 0.15) is 0 Å². The molecule has 0 saturated heterocycles. The lowest BCUT2D eigenvalue weighted by molar-refractivity contribution is -0.117. The lowest BCUT2D eigenvalue weighted by Gasteiger charge is -2.16.